The van der Waals surface area contributed by atoms with Gasteiger partial charge in [0.05, 0.1) is 14.2 Å². The summed E-state index contributed by atoms with van der Waals surface area (Å²) >= 11 is -1.95. The highest BCUT2D eigenvalue weighted by Crippen LogP contribution is 2.29. The van der Waals surface area contributed by atoms with E-state index in [1.165, 1.54) is 0 Å². The zero-order chi connectivity index (χ0) is 17.5. The molecule has 1 aliphatic rings. The van der Waals surface area contributed by atoms with Crippen LogP contribution in [0.25, 0.3) is 0 Å². The lowest BCUT2D eigenvalue weighted by Crippen LogP contribution is -2.39. The van der Waals surface area contributed by atoms with Gasteiger partial charge in [-0.1, -0.05) is 0 Å². The number of benzene rings is 1. The summed E-state index contributed by atoms with van der Waals surface area (Å²) in [7, 11) is 3.11. The van der Waals surface area contributed by atoms with E-state index in [1.54, 1.807) is 32.4 Å². The van der Waals surface area contributed by atoms with Crippen LogP contribution in [0, 0.1) is 5.92 Å². The molecule has 8 heteroatoms. The molecule has 1 atom stereocenters. The fraction of sp³-hybridized carbons (Fsp3) is 0.562. The van der Waals surface area contributed by atoms with Crippen molar-refractivity contribution in [3.8, 4) is 11.5 Å². The van der Waals surface area contributed by atoms with Crippen molar-refractivity contribution in [1.29, 1.82) is 0 Å². The number of hydrogen-bond donors (Lipinski definition) is 2. The molecule has 24 heavy (non-hydrogen) atoms. The van der Waals surface area contributed by atoms with Gasteiger partial charge in [-0.25, -0.2) is 8.93 Å². The molecule has 1 aromatic rings. The van der Waals surface area contributed by atoms with E-state index in [-0.39, 0.29) is 5.91 Å². The van der Waals surface area contributed by atoms with Crippen LogP contribution in [-0.2, 0) is 11.3 Å². The molecule has 1 amide bonds. The summed E-state index contributed by atoms with van der Waals surface area (Å²) in [5, 5.41) is 0. The first-order valence-electron chi connectivity index (χ1n) is 7.90. The molecule has 0 aliphatic carbocycles. The van der Waals surface area contributed by atoms with Crippen LogP contribution in [0.4, 0.5) is 0 Å². The van der Waals surface area contributed by atoms with Gasteiger partial charge in [0.15, 0.2) is 11.5 Å². The number of nitrogens with zero attached hydrogens (tertiary/aromatic N) is 1. The Bertz CT molecular complexity index is 588. The van der Waals surface area contributed by atoms with Crippen molar-refractivity contribution in [3.05, 3.63) is 23.8 Å². The Kier molecular flexibility index (Phi) is 7.01. The Morgan fingerprint density at radius 1 is 1.29 bits per heavy atom. The maximum Gasteiger partial charge on any atom is 0.253 e. The Morgan fingerprint density at radius 2 is 1.96 bits per heavy atom. The molecular weight excluding hydrogens is 332 g/mol. The van der Waals surface area contributed by atoms with Crippen LogP contribution in [0.2, 0.25) is 0 Å². The monoisotopic (exact) mass is 356 g/mol. The molecule has 134 valence electrons. The lowest BCUT2D eigenvalue weighted by molar-refractivity contribution is 0.0687. The fourth-order valence-corrected chi connectivity index (χ4v) is 3.22. The second-order valence-electron chi connectivity index (χ2n) is 5.74. The lowest BCUT2D eigenvalue weighted by Gasteiger charge is -2.32. The summed E-state index contributed by atoms with van der Waals surface area (Å²) in [6.07, 6.45) is 2.64. The number of piperidine rings is 1. The van der Waals surface area contributed by atoms with Gasteiger partial charge in [0, 0.05) is 25.2 Å². The smallest absolute Gasteiger partial charge is 0.253 e. The molecule has 1 aromatic carbocycles. The van der Waals surface area contributed by atoms with Crippen molar-refractivity contribution in [2.24, 2.45) is 5.92 Å². The van der Waals surface area contributed by atoms with E-state index in [1.807, 2.05) is 4.90 Å². The average molecular weight is 356 g/mol. The molecule has 7 nitrogen and oxygen atoms in total. The van der Waals surface area contributed by atoms with E-state index in [2.05, 4.69) is 4.72 Å². The predicted molar refractivity (Wildman–Crippen MR) is 91.6 cm³/mol. The molecule has 2 rings (SSSR count). The van der Waals surface area contributed by atoms with Crippen molar-refractivity contribution in [2.45, 2.75) is 19.3 Å². The van der Waals surface area contributed by atoms with Gasteiger partial charge in [-0.05, 0) is 43.4 Å². The van der Waals surface area contributed by atoms with Crippen molar-refractivity contribution in [2.75, 3.05) is 33.9 Å². The van der Waals surface area contributed by atoms with Crippen LogP contribution in [0.3, 0.4) is 0 Å². The van der Waals surface area contributed by atoms with Crippen molar-refractivity contribution >= 4 is 17.2 Å². The van der Waals surface area contributed by atoms with Crippen molar-refractivity contribution in [3.63, 3.8) is 0 Å². The molecule has 0 spiro atoms. The first-order chi connectivity index (χ1) is 11.5. The fourth-order valence-electron chi connectivity index (χ4n) is 2.93. The number of carbonyl (C=O) groups is 1. The van der Waals surface area contributed by atoms with E-state index in [4.69, 9.17) is 14.0 Å². The maximum absolute atomic E-state index is 12.6. The second-order valence-corrected chi connectivity index (χ2v) is 6.52. The number of ether oxygens (including phenoxy) is 2. The van der Waals surface area contributed by atoms with Crippen LogP contribution in [0.15, 0.2) is 18.2 Å². The SMILES string of the molecule is COc1ccc(C(=O)N2CCC(CCNS(=O)O)CC2)cc1OC. The van der Waals surface area contributed by atoms with Gasteiger partial charge in [0.1, 0.15) is 0 Å². The number of methoxy groups -OCH3 is 2. The normalized spacial score (nSPS) is 16.7. The average Bonchev–Trinajstić information content (AvgIpc) is 2.60. The van der Waals surface area contributed by atoms with Gasteiger partial charge in [0.25, 0.3) is 5.91 Å². The van der Waals surface area contributed by atoms with Gasteiger partial charge >= 0.3 is 0 Å². The number of likely N-dealkylation sites (tertiary alicyclic amines) is 1. The third-order valence-electron chi connectivity index (χ3n) is 4.31. The molecule has 1 fully saturated rings. The predicted octanol–water partition coefficient (Wildman–Crippen LogP) is 1.67. The summed E-state index contributed by atoms with van der Waals surface area (Å²) in [4.78, 5) is 14.5. The number of amides is 1. The van der Waals surface area contributed by atoms with Crippen molar-refractivity contribution < 1.29 is 23.0 Å². The minimum absolute atomic E-state index is 0.0102. The molecule has 1 heterocycles. The quantitative estimate of drug-likeness (QED) is 0.726. The minimum atomic E-state index is -1.95. The summed E-state index contributed by atoms with van der Waals surface area (Å²) in [5.74, 6) is 1.60. The number of carbonyl (C=O) groups excluding carboxylic acids is 1. The van der Waals surface area contributed by atoms with Crippen LogP contribution in [-0.4, -0.2) is 53.4 Å². The summed E-state index contributed by atoms with van der Waals surface area (Å²) < 4.78 is 32.2. The van der Waals surface area contributed by atoms with Gasteiger partial charge in [-0.3, -0.25) is 9.35 Å². The molecule has 0 aromatic heterocycles. The minimum Gasteiger partial charge on any atom is -0.493 e. The molecule has 0 bridgehead atoms. The highest BCUT2D eigenvalue weighted by molar-refractivity contribution is 7.77. The van der Waals surface area contributed by atoms with Crippen LogP contribution < -0.4 is 14.2 Å². The van der Waals surface area contributed by atoms with Gasteiger partial charge in [0.2, 0.25) is 11.3 Å². The maximum atomic E-state index is 12.6. The zero-order valence-corrected chi connectivity index (χ0v) is 14.8. The van der Waals surface area contributed by atoms with Crippen molar-refractivity contribution in [1.82, 2.24) is 9.62 Å². The van der Waals surface area contributed by atoms with Gasteiger partial charge in [-0.2, -0.15) is 0 Å². The lowest BCUT2D eigenvalue weighted by atomic mass is 9.93. The second kappa shape index (κ2) is 9.00. The number of nitrogens with one attached hydrogen (secondary N) is 1. The van der Waals surface area contributed by atoms with Crippen LogP contribution >= 0.6 is 0 Å². The van der Waals surface area contributed by atoms with E-state index in [0.717, 1.165) is 19.3 Å². The van der Waals surface area contributed by atoms with Gasteiger partial charge in [-0.15, -0.1) is 0 Å². The largest absolute Gasteiger partial charge is 0.493 e. The highest BCUT2D eigenvalue weighted by atomic mass is 32.2. The van der Waals surface area contributed by atoms with E-state index >= 15 is 0 Å². The molecule has 1 unspecified atom stereocenters. The Hall–Kier alpha value is -1.64. The third kappa shape index (κ3) is 4.93. The Morgan fingerprint density at radius 3 is 2.54 bits per heavy atom. The topological polar surface area (TPSA) is 88.1 Å². The summed E-state index contributed by atoms with van der Waals surface area (Å²) in [6.45, 7) is 1.90. The zero-order valence-electron chi connectivity index (χ0n) is 14.0. The summed E-state index contributed by atoms with van der Waals surface area (Å²) in [5.41, 5.74) is 0.587. The van der Waals surface area contributed by atoms with E-state index in [0.29, 0.717) is 42.6 Å². The van der Waals surface area contributed by atoms with E-state index < -0.39 is 11.3 Å². The molecule has 1 saturated heterocycles. The Balaban J connectivity index is 1.89. The third-order valence-corrected chi connectivity index (χ3v) is 4.76. The first-order valence-corrected chi connectivity index (χ1v) is 9.01. The highest BCUT2D eigenvalue weighted by Gasteiger charge is 2.24. The van der Waals surface area contributed by atoms with Crippen LogP contribution in [0.1, 0.15) is 29.6 Å². The molecule has 1 aliphatic heterocycles. The molecular formula is C16H24N2O5S. The molecule has 0 radical (unpaired) electrons. The van der Waals surface area contributed by atoms with Gasteiger partial charge < -0.3 is 14.4 Å². The first kappa shape index (κ1) is 18.7. The van der Waals surface area contributed by atoms with Crippen LogP contribution in [0.5, 0.6) is 11.5 Å². The molecule has 0 saturated carbocycles. The van der Waals surface area contributed by atoms with E-state index in [9.17, 15) is 9.00 Å². The Labute approximate surface area is 144 Å². The number of hydrogen-bond acceptors (Lipinski definition) is 4. The standard InChI is InChI=1S/C16H24N2O5S/c1-22-14-4-3-13(11-15(14)23-2)16(19)18-9-6-12(7-10-18)5-8-17-24(20)21/h3-4,11-12,17H,5-10H2,1-2H3,(H,20,21). The number of rotatable bonds is 7. The summed E-state index contributed by atoms with van der Waals surface area (Å²) in [6, 6.07) is 5.18. The molecule has 2 N–H and O–H groups in total.